The van der Waals surface area contributed by atoms with Gasteiger partial charge < -0.3 is 24.4 Å². The Morgan fingerprint density at radius 3 is 2.70 bits per heavy atom. The van der Waals surface area contributed by atoms with E-state index in [1.165, 1.54) is 0 Å². The van der Waals surface area contributed by atoms with Crippen molar-refractivity contribution >= 4 is 11.6 Å². The van der Waals surface area contributed by atoms with Crippen LogP contribution in [0.1, 0.15) is 21.5 Å². The average molecular weight is 368 g/mol. The van der Waals surface area contributed by atoms with E-state index < -0.39 is 0 Å². The number of benzene rings is 2. The van der Waals surface area contributed by atoms with Gasteiger partial charge in [0.1, 0.15) is 12.4 Å². The lowest BCUT2D eigenvalue weighted by atomic mass is 10.1. The number of aliphatic hydroxyl groups excluding tert-OH is 1. The summed E-state index contributed by atoms with van der Waals surface area (Å²) in [6.07, 6.45) is 0. The van der Waals surface area contributed by atoms with Crippen LogP contribution < -0.4 is 9.64 Å². The molecule has 2 heterocycles. The highest BCUT2D eigenvalue weighted by Gasteiger charge is 2.22. The topological polar surface area (TPSA) is 62.2 Å². The Morgan fingerprint density at radius 2 is 1.89 bits per heavy atom. The van der Waals surface area contributed by atoms with Gasteiger partial charge in [0, 0.05) is 36.4 Å². The normalized spacial score (nSPS) is 17.1. The molecule has 0 aromatic heterocycles. The zero-order valence-electron chi connectivity index (χ0n) is 15.3. The lowest BCUT2D eigenvalue weighted by Gasteiger charge is -2.29. The maximum absolute atomic E-state index is 13.1. The largest absolute Gasteiger partial charge is 0.491 e. The zero-order chi connectivity index (χ0) is 18.6. The smallest absolute Gasteiger partial charge is 0.254 e. The van der Waals surface area contributed by atoms with Crippen molar-refractivity contribution in [2.24, 2.45) is 0 Å². The molecule has 0 atom stereocenters. The third-order valence-corrected chi connectivity index (χ3v) is 5.04. The number of aliphatic hydroxyl groups is 1. The molecule has 1 N–H and O–H groups in total. The summed E-state index contributed by atoms with van der Waals surface area (Å²) in [5, 5.41) is 9.38. The fourth-order valence-electron chi connectivity index (χ4n) is 3.56. The minimum atomic E-state index is -0.0250. The lowest BCUT2D eigenvalue weighted by Crippen LogP contribution is -2.36. The minimum absolute atomic E-state index is 0.00374. The quantitative estimate of drug-likeness (QED) is 0.899. The van der Waals surface area contributed by atoms with Crippen LogP contribution in [0.4, 0.5) is 5.69 Å². The molecule has 142 valence electrons. The van der Waals surface area contributed by atoms with Gasteiger partial charge >= 0.3 is 0 Å². The summed E-state index contributed by atoms with van der Waals surface area (Å²) in [7, 11) is 0. The van der Waals surface area contributed by atoms with Crippen molar-refractivity contribution in [3.05, 3.63) is 59.2 Å². The minimum Gasteiger partial charge on any atom is -0.491 e. The van der Waals surface area contributed by atoms with E-state index in [2.05, 4.69) is 4.90 Å². The molecule has 27 heavy (non-hydrogen) atoms. The Bertz CT molecular complexity index is 818. The van der Waals surface area contributed by atoms with E-state index in [0.717, 1.165) is 35.7 Å². The number of ether oxygens (including phenoxy) is 2. The Labute approximate surface area is 158 Å². The molecule has 4 rings (SSSR count). The fourth-order valence-corrected chi connectivity index (χ4v) is 3.56. The first kappa shape index (κ1) is 17.8. The third-order valence-electron chi connectivity index (χ3n) is 5.04. The number of hydrogen-bond donors (Lipinski definition) is 1. The van der Waals surface area contributed by atoms with Gasteiger partial charge in [0.2, 0.25) is 0 Å². The molecular weight excluding hydrogens is 344 g/mol. The van der Waals surface area contributed by atoms with Gasteiger partial charge in [-0.25, -0.2) is 0 Å². The summed E-state index contributed by atoms with van der Waals surface area (Å²) in [6, 6.07) is 13.4. The van der Waals surface area contributed by atoms with E-state index in [4.69, 9.17) is 9.47 Å². The Balaban J connectivity index is 1.55. The lowest BCUT2D eigenvalue weighted by molar-refractivity contribution is 0.0733. The molecule has 0 saturated carbocycles. The van der Waals surface area contributed by atoms with Crippen molar-refractivity contribution in [1.82, 2.24) is 4.90 Å². The second kappa shape index (κ2) is 7.98. The maximum atomic E-state index is 13.1. The van der Waals surface area contributed by atoms with Crippen LogP contribution in [0, 0.1) is 0 Å². The van der Waals surface area contributed by atoms with Crippen molar-refractivity contribution in [3.8, 4) is 5.75 Å². The molecule has 0 radical (unpaired) electrons. The number of carbonyl (C=O) groups is 1. The van der Waals surface area contributed by atoms with Gasteiger partial charge in [0.05, 0.1) is 26.4 Å². The van der Waals surface area contributed by atoms with Gasteiger partial charge in [-0.15, -0.1) is 0 Å². The van der Waals surface area contributed by atoms with E-state index in [0.29, 0.717) is 38.5 Å². The standard InChI is InChI=1S/C21H24N2O4/c24-15-16-4-5-20-18(12-16)14-23(8-11-27-20)21(25)17-2-1-3-19(13-17)22-6-9-26-10-7-22/h1-5,12-13,24H,6-11,14-15H2. The summed E-state index contributed by atoms with van der Waals surface area (Å²) in [4.78, 5) is 17.2. The van der Waals surface area contributed by atoms with Gasteiger partial charge in [-0.2, -0.15) is 0 Å². The molecule has 0 spiro atoms. The van der Waals surface area contributed by atoms with E-state index in [9.17, 15) is 9.90 Å². The van der Waals surface area contributed by atoms with Crippen molar-refractivity contribution in [2.75, 3.05) is 44.4 Å². The van der Waals surface area contributed by atoms with Crippen molar-refractivity contribution in [2.45, 2.75) is 13.2 Å². The average Bonchev–Trinajstić information content (AvgIpc) is 2.95. The van der Waals surface area contributed by atoms with Gasteiger partial charge in [0.25, 0.3) is 5.91 Å². The molecule has 0 bridgehead atoms. The molecule has 1 amide bonds. The highest BCUT2D eigenvalue weighted by atomic mass is 16.5. The maximum Gasteiger partial charge on any atom is 0.254 e. The first-order valence-corrected chi connectivity index (χ1v) is 9.32. The van der Waals surface area contributed by atoms with Crippen LogP contribution in [0.25, 0.3) is 0 Å². The molecule has 2 aromatic rings. The van der Waals surface area contributed by atoms with Crippen molar-refractivity contribution in [3.63, 3.8) is 0 Å². The molecule has 1 saturated heterocycles. The molecule has 1 fully saturated rings. The predicted octanol–water partition coefficient (Wildman–Crippen LogP) is 2.05. The first-order valence-electron chi connectivity index (χ1n) is 9.32. The Hall–Kier alpha value is -2.57. The number of morpholine rings is 1. The van der Waals surface area contributed by atoms with E-state index >= 15 is 0 Å². The van der Waals surface area contributed by atoms with Crippen molar-refractivity contribution in [1.29, 1.82) is 0 Å². The van der Waals surface area contributed by atoms with E-state index in [-0.39, 0.29) is 12.5 Å². The van der Waals surface area contributed by atoms with Crippen LogP contribution >= 0.6 is 0 Å². The molecule has 2 aliphatic rings. The number of anilines is 1. The van der Waals surface area contributed by atoms with Gasteiger partial charge in [-0.05, 0) is 35.9 Å². The molecule has 6 heteroatoms. The predicted molar refractivity (Wildman–Crippen MR) is 102 cm³/mol. The number of hydrogen-bond acceptors (Lipinski definition) is 5. The SMILES string of the molecule is O=C(c1cccc(N2CCOCC2)c1)N1CCOc2ccc(CO)cc2C1. The Morgan fingerprint density at radius 1 is 1.04 bits per heavy atom. The molecule has 0 unspecified atom stereocenters. The monoisotopic (exact) mass is 368 g/mol. The first-order chi connectivity index (χ1) is 13.2. The van der Waals surface area contributed by atoms with Crippen molar-refractivity contribution < 1.29 is 19.4 Å². The van der Waals surface area contributed by atoms with Gasteiger partial charge in [-0.1, -0.05) is 12.1 Å². The molecule has 2 aromatic carbocycles. The third kappa shape index (κ3) is 3.91. The van der Waals surface area contributed by atoms with E-state index in [1.54, 1.807) is 0 Å². The number of nitrogens with zero attached hydrogens (tertiary/aromatic N) is 2. The number of fused-ring (bicyclic) bond motifs is 1. The zero-order valence-corrected chi connectivity index (χ0v) is 15.3. The summed E-state index contributed by atoms with van der Waals surface area (Å²) in [5.74, 6) is 0.778. The molecular formula is C21H24N2O4. The van der Waals surface area contributed by atoms with Crippen LogP contribution in [0.3, 0.4) is 0 Å². The molecule has 6 nitrogen and oxygen atoms in total. The van der Waals surface area contributed by atoms with Gasteiger partial charge in [0.15, 0.2) is 0 Å². The highest BCUT2D eigenvalue weighted by Crippen LogP contribution is 2.26. The number of carbonyl (C=O) groups excluding carboxylic acids is 1. The summed E-state index contributed by atoms with van der Waals surface area (Å²) < 4.78 is 11.2. The molecule has 0 aliphatic carbocycles. The van der Waals surface area contributed by atoms with Crippen LogP contribution in [0.2, 0.25) is 0 Å². The van der Waals surface area contributed by atoms with Crippen LogP contribution in [0.5, 0.6) is 5.75 Å². The van der Waals surface area contributed by atoms with Gasteiger partial charge in [-0.3, -0.25) is 4.79 Å². The highest BCUT2D eigenvalue weighted by molar-refractivity contribution is 5.95. The summed E-state index contributed by atoms with van der Waals surface area (Å²) in [6.45, 7) is 4.55. The second-order valence-corrected chi connectivity index (χ2v) is 6.83. The van der Waals surface area contributed by atoms with E-state index in [1.807, 2.05) is 47.4 Å². The van der Waals surface area contributed by atoms with Crippen LogP contribution in [0.15, 0.2) is 42.5 Å². The van der Waals surface area contributed by atoms with Crippen LogP contribution in [-0.4, -0.2) is 55.4 Å². The molecule has 2 aliphatic heterocycles. The van der Waals surface area contributed by atoms with Crippen LogP contribution in [-0.2, 0) is 17.9 Å². The fraction of sp³-hybridized carbons (Fsp3) is 0.381. The summed E-state index contributed by atoms with van der Waals surface area (Å²) in [5.41, 5.74) is 3.48. The number of rotatable bonds is 3. The second-order valence-electron chi connectivity index (χ2n) is 6.83. The number of amides is 1. The summed E-state index contributed by atoms with van der Waals surface area (Å²) >= 11 is 0. The Kier molecular flexibility index (Phi) is 5.27.